The molecule has 2 aromatic carbocycles. The van der Waals surface area contributed by atoms with Crippen LogP contribution in [-0.4, -0.2) is 25.7 Å². The Kier molecular flexibility index (Phi) is 8.05. The van der Waals surface area contributed by atoms with Gasteiger partial charge in [-0.15, -0.1) is 0 Å². The highest BCUT2D eigenvalue weighted by atomic mass is 35.5. The Morgan fingerprint density at radius 1 is 1.15 bits per heavy atom. The summed E-state index contributed by atoms with van der Waals surface area (Å²) in [4.78, 5) is 11.7. The predicted molar refractivity (Wildman–Crippen MR) is 107 cm³/mol. The van der Waals surface area contributed by atoms with Crippen LogP contribution in [0.5, 0.6) is 11.5 Å². The summed E-state index contributed by atoms with van der Waals surface area (Å²) in [6.45, 7) is 2.18. The average Bonchev–Trinajstić information content (AvgIpc) is 2.61. The van der Waals surface area contributed by atoms with E-state index in [1.54, 1.807) is 32.2 Å². The van der Waals surface area contributed by atoms with Gasteiger partial charge in [-0.05, 0) is 43.2 Å². The molecule has 0 amide bonds. The molecule has 0 saturated carbocycles. The molecule has 0 bridgehead atoms. The molecule has 2 N–H and O–H groups in total. The van der Waals surface area contributed by atoms with Gasteiger partial charge in [0.2, 0.25) is 0 Å². The highest BCUT2D eigenvalue weighted by Crippen LogP contribution is 2.36. The van der Waals surface area contributed by atoms with Crippen LogP contribution in [0, 0.1) is 0 Å². The molecule has 0 fully saturated rings. The predicted octanol–water partition coefficient (Wildman–Crippen LogP) is 4.67. The molecule has 27 heavy (non-hydrogen) atoms. The zero-order valence-electron chi connectivity index (χ0n) is 14.9. The van der Waals surface area contributed by atoms with Crippen molar-refractivity contribution in [1.82, 2.24) is 0 Å². The van der Waals surface area contributed by atoms with Gasteiger partial charge in [0.15, 0.2) is 5.75 Å². The number of hydrogen-bond acceptors (Lipinski definition) is 5. The molecule has 1 atom stereocenters. The quantitative estimate of drug-likeness (QED) is 0.614. The molecular formula is C19H20Cl3NO4. The van der Waals surface area contributed by atoms with E-state index >= 15 is 0 Å². The standard InChI is InChI=1S/C19H20Cl3NO4/c1-3-26-19(24)16(23)7-11-4-5-17(25-2)12(6-11)10-27-18-14(21)8-13(20)9-15(18)22/h4-6,8-9,16H,3,7,10,23H2,1-2H3. The first-order valence-electron chi connectivity index (χ1n) is 8.21. The highest BCUT2D eigenvalue weighted by Gasteiger charge is 2.17. The first-order chi connectivity index (χ1) is 12.8. The molecule has 0 aliphatic rings. The van der Waals surface area contributed by atoms with Crippen molar-refractivity contribution in [3.63, 3.8) is 0 Å². The number of ether oxygens (including phenoxy) is 3. The number of carbonyl (C=O) groups excluding carboxylic acids is 1. The molecule has 0 radical (unpaired) electrons. The second-order valence-electron chi connectivity index (χ2n) is 5.70. The van der Waals surface area contributed by atoms with Gasteiger partial charge >= 0.3 is 5.97 Å². The molecule has 0 spiro atoms. The zero-order valence-corrected chi connectivity index (χ0v) is 17.2. The Bertz CT molecular complexity index is 791. The average molecular weight is 433 g/mol. The zero-order chi connectivity index (χ0) is 20.0. The van der Waals surface area contributed by atoms with Gasteiger partial charge in [0.25, 0.3) is 0 Å². The van der Waals surface area contributed by atoms with Crippen molar-refractivity contribution in [3.05, 3.63) is 56.5 Å². The maximum absolute atomic E-state index is 11.7. The Labute approximate surface area is 173 Å². The molecule has 0 aliphatic heterocycles. The Balaban J connectivity index is 2.17. The fourth-order valence-electron chi connectivity index (χ4n) is 2.48. The highest BCUT2D eigenvalue weighted by molar-refractivity contribution is 6.40. The van der Waals surface area contributed by atoms with Gasteiger partial charge in [-0.2, -0.15) is 0 Å². The lowest BCUT2D eigenvalue weighted by molar-refractivity contribution is -0.144. The maximum atomic E-state index is 11.7. The molecule has 5 nitrogen and oxygen atoms in total. The lowest BCUT2D eigenvalue weighted by Crippen LogP contribution is -2.34. The normalized spacial score (nSPS) is 11.8. The minimum Gasteiger partial charge on any atom is -0.496 e. The van der Waals surface area contributed by atoms with Crippen molar-refractivity contribution >= 4 is 40.8 Å². The first-order valence-corrected chi connectivity index (χ1v) is 9.34. The van der Waals surface area contributed by atoms with Gasteiger partial charge < -0.3 is 19.9 Å². The van der Waals surface area contributed by atoms with Crippen LogP contribution < -0.4 is 15.2 Å². The lowest BCUT2D eigenvalue weighted by atomic mass is 10.0. The van der Waals surface area contributed by atoms with E-state index in [0.29, 0.717) is 33.0 Å². The summed E-state index contributed by atoms with van der Waals surface area (Å²) in [6, 6.07) is 7.84. The summed E-state index contributed by atoms with van der Waals surface area (Å²) in [5.41, 5.74) is 7.50. The number of carbonyl (C=O) groups is 1. The molecule has 146 valence electrons. The van der Waals surface area contributed by atoms with Crippen molar-refractivity contribution < 1.29 is 19.0 Å². The number of hydrogen-bond donors (Lipinski definition) is 1. The SMILES string of the molecule is CCOC(=O)C(N)Cc1ccc(OC)c(COc2c(Cl)cc(Cl)cc2Cl)c1. The van der Waals surface area contributed by atoms with E-state index in [1.807, 2.05) is 12.1 Å². The minimum absolute atomic E-state index is 0.159. The second-order valence-corrected chi connectivity index (χ2v) is 6.95. The van der Waals surface area contributed by atoms with Crippen molar-refractivity contribution in [1.29, 1.82) is 0 Å². The van der Waals surface area contributed by atoms with E-state index < -0.39 is 12.0 Å². The number of rotatable bonds is 8. The van der Waals surface area contributed by atoms with Crippen molar-refractivity contribution in [2.45, 2.75) is 26.0 Å². The van der Waals surface area contributed by atoms with E-state index in [1.165, 1.54) is 0 Å². The summed E-state index contributed by atoms with van der Waals surface area (Å²) in [7, 11) is 1.56. The molecule has 0 saturated heterocycles. The molecule has 0 aromatic heterocycles. The molecule has 2 rings (SSSR count). The molecular weight excluding hydrogens is 413 g/mol. The molecule has 8 heteroatoms. The smallest absolute Gasteiger partial charge is 0.323 e. The lowest BCUT2D eigenvalue weighted by Gasteiger charge is -2.15. The monoisotopic (exact) mass is 431 g/mol. The second kappa shape index (κ2) is 10.0. The van der Waals surface area contributed by atoms with Crippen molar-refractivity contribution in [2.24, 2.45) is 5.73 Å². The van der Waals surface area contributed by atoms with Crippen LogP contribution in [0.3, 0.4) is 0 Å². The van der Waals surface area contributed by atoms with Crippen LogP contribution in [0.1, 0.15) is 18.1 Å². The van der Waals surface area contributed by atoms with Crippen LogP contribution in [0.15, 0.2) is 30.3 Å². The minimum atomic E-state index is -0.743. The van der Waals surface area contributed by atoms with Crippen molar-refractivity contribution in [3.8, 4) is 11.5 Å². The van der Waals surface area contributed by atoms with Crippen LogP contribution in [0.25, 0.3) is 0 Å². The number of halogens is 3. The Morgan fingerprint density at radius 3 is 2.41 bits per heavy atom. The Hall–Kier alpha value is -1.66. The van der Waals surface area contributed by atoms with Crippen LogP contribution in [-0.2, 0) is 22.6 Å². The molecule has 0 heterocycles. The van der Waals surface area contributed by atoms with E-state index in [2.05, 4.69) is 0 Å². The van der Waals surface area contributed by atoms with E-state index in [-0.39, 0.29) is 13.2 Å². The van der Waals surface area contributed by atoms with Crippen LogP contribution in [0.2, 0.25) is 15.1 Å². The van der Waals surface area contributed by atoms with Crippen LogP contribution in [0.4, 0.5) is 0 Å². The van der Waals surface area contributed by atoms with Gasteiger partial charge in [-0.3, -0.25) is 4.79 Å². The van der Waals surface area contributed by atoms with Gasteiger partial charge in [0.05, 0.1) is 23.8 Å². The topological polar surface area (TPSA) is 70.8 Å². The fraction of sp³-hybridized carbons (Fsp3) is 0.316. The van der Waals surface area contributed by atoms with E-state index in [4.69, 9.17) is 54.7 Å². The van der Waals surface area contributed by atoms with Gasteiger partial charge in [-0.1, -0.05) is 40.9 Å². The number of esters is 1. The number of methoxy groups -OCH3 is 1. The third-order valence-corrected chi connectivity index (χ3v) is 4.50. The maximum Gasteiger partial charge on any atom is 0.323 e. The molecule has 0 aliphatic carbocycles. The van der Waals surface area contributed by atoms with Crippen LogP contribution >= 0.6 is 34.8 Å². The van der Waals surface area contributed by atoms with Crippen molar-refractivity contribution in [2.75, 3.05) is 13.7 Å². The number of nitrogens with two attached hydrogens (primary N) is 1. The van der Waals surface area contributed by atoms with E-state index in [9.17, 15) is 4.79 Å². The largest absolute Gasteiger partial charge is 0.496 e. The van der Waals surface area contributed by atoms with Gasteiger partial charge in [0, 0.05) is 10.6 Å². The summed E-state index contributed by atoms with van der Waals surface area (Å²) >= 11 is 18.2. The van der Waals surface area contributed by atoms with Gasteiger partial charge in [0.1, 0.15) is 18.4 Å². The molecule has 1 unspecified atom stereocenters. The summed E-state index contributed by atoms with van der Waals surface area (Å²) in [6.07, 6.45) is 0.332. The summed E-state index contributed by atoms with van der Waals surface area (Å²) in [5, 5.41) is 1.05. The third kappa shape index (κ3) is 5.91. The summed E-state index contributed by atoms with van der Waals surface area (Å²) in [5.74, 6) is 0.522. The first kappa shape index (κ1) is 21.6. The summed E-state index contributed by atoms with van der Waals surface area (Å²) < 4.78 is 16.1. The fourth-order valence-corrected chi connectivity index (χ4v) is 3.40. The molecule has 2 aromatic rings. The number of benzene rings is 2. The Morgan fingerprint density at radius 2 is 1.81 bits per heavy atom. The van der Waals surface area contributed by atoms with E-state index in [0.717, 1.165) is 11.1 Å². The third-order valence-electron chi connectivity index (χ3n) is 3.72. The van der Waals surface area contributed by atoms with Gasteiger partial charge in [-0.25, -0.2) is 0 Å².